The molecule has 2 heterocycles. The van der Waals surface area contributed by atoms with Gasteiger partial charge >= 0.3 is 6.18 Å². The number of nitrogens with one attached hydrogen (secondary N) is 1. The first-order valence-corrected chi connectivity index (χ1v) is 8.00. The van der Waals surface area contributed by atoms with E-state index in [1.807, 2.05) is 0 Å². The van der Waals surface area contributed by atoms with Crippen LogP contribution in [0.1, 0.15) is 21.6 Å². The van der Waals surface area contributed by atoms with Crippen molar-refractivity contribution in [2.45, 2.75) is 13.1 Å². The minimum absolute atomic E-state index is 0.242. The molecule has 3 aromatic rings. The standard InChI is InChI=1S/C16H11F3N4OS/c1-9-6-13(21-15(24)12-7-25-8-20-12)22-23-14(9)10-2-4-11(5-3-10)16(17,18)19/h2-8H,1H3,(H,21,22,24). The Morgan fingerprint density at radius 1 is 1.16 bits per heavy atom. The lowest BCUT2D eigenvalue weighted by Crippen LogP contribution is -2.14. The SMILES string of the molecule is Cc1cc(NC(=O)c2cscn2)nnc1-c1ccc(C(F)(F)F)cc1. The van der Waals surface area contributed by atoms with Gasteiger partial charge in [-0.05, 0) is 30.7 Å². The fourth-order valence-electron chi connectivity index (χ4n) is 2.15. The molecule has 0 unspecified atom stereocenters. The van der Waals surface area contributed by atoms with Gasteiger partial charge in [0.2, 0.25) is 0 Å². The van der Waals surface area contributed by atoms with Gasteiger partial charge in [0.25, 0.3) is 5.91 Å². The molecule has 0 spiro atoms. The molecule has 25 heavy (non-hydrogen) atoms. The second-order valence-electron chi connectivity index (χ2n) is 5.16. The number of aryl methyl sites for hydroxylation is 1. The van der Waals surface area contributed by atoms with Crippen LogP contribution in [-0.2, 0) is 6.18 Å². The van der Waals surface area contributed by atoms with Crippen LogP contribution in [0.5, 0.6) is 0 Å². The van der Waals surface area contributed by atoms with Crippen molar-refractivity contribution in [3.05, 3.63) is 58.0 Å². The lowest BCUT2D eigenvalue weighted by molar-refractivity contribution is -0.137. The van der Waals surface area contributed by atoms with E-state index in [4.69, 9.17) is 0 Å². The van der Waals surface area contributed by atoms with Crippen molar-refractivity contribution in [2.24, 2.45) is 0 Å². The van der Waals surface area contributed by atoms with Gasteiger partial charge in [-0.25, -0.2) is 4.98 Å². The number of amides is 1. The monoisotopic (exact) mass is 364 g/mol. The quantitative estimate of drug-likeness (QED) is 0.757. The third-order valence-electron chi connectivity index (χ3n) is 3.38. The number of anilines is 1. The van der Waals surface area contributed by atoms with Crippen LogP contribution in [0, 0.1) is 6.92 Å². The topological polar surface area (TPSA) is 67.8 Å². The van der Waals surface area contributed by atoms with Crippen LogP contribution >= 0.6 is 11.3 Å². The minimum Gasteiger partial charge on any atom is -0.304 e. The molecule has 0 aliphatic carbocycles. The maximum Gasteiger partial charge on any atom is 0.416 e. The lowest BCUT2D eigenvalue weighted by Gasteiger charge is -2.09. The van der Waals surface area contributed by atoms with Crippen LogP contribution in [0.3, 0.4) is 0 Å². The highest BCUT2D eigenvalue weighted by atomic mass is 32.1. The Labute approximate surface area is 144 Å². The van der Waals surface area contributed by atoms with Crippen molar-refractivity contribution in [2.75, 3.05) is 5.32 Å². The Kier molecular flexibility index (Phi) is 4.49. The Morgan fingerprint density at radius 3 is 2.44 bits per heavy atom. The number of aromatic nitrogens is 3. The summed E-state index contributed by atoms with van der Waals surface area (Å²) in [5.74, 6) is -0.164. The number of nitrogens with zero attached hydrogens (tertiary/aromatic N) is 3. The van der Waals surface area contributed by atoms with Crippen LogP contribution in [0.2, 0.25) is 0 Å². The maximum atomic E-state index is 12.6. The molecule has 2 aromatic heterocycles. The molecule has 0 aliphatic heterocycles. The molecule has 1 N–H and O–H groups in total. The molecule has 0 aliphatic rings. The first-order chi connectivity index (χ1) is 11.8. The third-order valence-corrected chi connectivity index (χ3v) is 3.96. The summed E-state index contributed by atoms with van der Waals surface area (Å²) in [4.78, 5) is 15.8. The van der Waals surface area contributed by atoms with Gasteiger partial charge in [0.05, 0.1) is 16.8 Å². The van der Waals surface area contributed by atoms with Gasteiger partial charge in [0.1, 0.15) is 5.69 Å². The Balaban J connectivity index is 1.81. The van der Waals surface area contributed by atoms with E-state index < -0.39 is 17.6 Å². The number of alkyl halides is 3. The molecule has 128 valence electrons. The molecule has 0 atom stereocenters. The van der Waals surface area contributed by atoms with Crippen LogP contribution < -0.4 is 5.32 Å². The summed E-state index contributed by atoms with van der Waals surface area (Å²) >= 11 is 1.30. The highest BCUT2D eigenvalue weighted by molar-refractivity contribution is 7.07. The molecule has 1 amide bonds. The van der Waals surface area contributed by atoms with Crippen LogP contribution in [0.15, 0.2) is 41.2 Å². The smallest absolute Gasteiger partial charge is 0.304 e. The number of rotatable bonds is 3. The van der Waals surface area contributed by atoms with Crippen LogP contribution in [0.25, 0.3) is 11.3 Å². The highest BCUT2D eigenvalue weighted by Crippen LogP contribution is 2.31. The average molecular weight is 364 g/mol. The summed E-state index contributed by atoms with van der Waals surface area (Å²) in [5.41, 5.74) is 2.71. The van der Waals surface area contributed by atoms with Gasteiger partial charge in [-0.1, -0.05) is 12.1 Å². The Hall–Kier alpha value is -2.81. The van der Waals surface area contributed by atoms with Gasteiger partial charge < -0.3 is 5.32 Å². The number of benzene rings is 1. The highest BCUT2D eigenvalue weighted by Gasteiger charge is 2.30. The second-order valence-corrected chi connectivity index (χ2v) is 5.88. The normalized spacial score (nSPS) is 11.4. The second kappa shape index (κ2) is 6.60. The molecule has 0 radical (unpaired) electrons. The molecule has 5 nitrogen and oxygen atoms in total. The van der Waals surface area contributed by atoms with Crippen LogP contribution in [0.4, 0.5) is 19.0 Å². The average Bonchev–Trinajstić information content (AvgIpc) is 3.09. The zero-order valence-corrected chi connectivity index (χ0v) is 13.6. The largest absolute Gasteiger partial charge is 0.416 e. The van der Waals surface area contributed by atoms with Gasteiger partial charge in [-0.2, -0.15) is 13.2 Å². The zero-order chi connectivity index (χ0) is 18.0. The maximum absolute atomic E-state index is 12.6. The van der Waals surface area contributed by atoms with Crippen molar-refractivity contribution in [1.82, 2.24) is 15.2 Å². The van der Waals surface area contributed by atoms with E-state index in [0.717, 1.165) is 12.1 Å². The fraction of sp³-hybridized carbons (Fsp3) is 0.125. The third kappa shape index (κ3) is 3.82. The molecule has 0 saturated carbocycles. The number of hydrogen-bond acceptors (Lipinski definition) is 5. The van der Waals surface area contributed by atoms with Gasteiger partial charge in [-0.15, -0.1) is 21.5 Å². The molecule has 0 bridgehead atoms. The number of thiazole rings is 1. The summed E-state index contributed by atoms with van der Waals surface area (Å²) < 4.78 is 37.9. The summed E-state index contributed by atoms with van der Waals surface area (Å²) in [6.07, 6.45) is -4.39. The molecular formula is C16H11F3N4OS. The van der Waals surface area contributed by atoms with E-state index in [-0.39, 0.29) is 11.5 Å². The van der Waals surface area contributed by atoms with Crippen molar-refractivity contribution in [3.8, 4) is 11.3 Å². The Bertz CT molecular complexity index is 893. The number of carbonyl (C=O) groups excluding carboxylic acids is 1. The minimum atomic E-state index is -4.39. The summed E-state index contributed by atoms with van der Waals surface area (Å²) in [6, 6.07) is 6.27. The summed E-state index contributed by atoms with van der Waals surface area (Å²) in [7, 11) is 0. The molecular weight excluding hydrogens is 353 g/mol. The van der Waals surface area contributed by atoms with E-state index in [1.54, 1.807) is 23.9 Å². The zero-order valence-electron chi connectivity index (χ0n) is 12.8. The number of carbonyl (C=O) groups is 1. The molecule has 9 heteroatoms. The Morgan fingerprint density at radius 2 is 1.88 bits per heavy atom. The van der Waals surface area contributed by atoms with E-state index in [0.29, 0.717) is 16.8 Å². The van der Waals surface area contributed by atoms with Gasteiger partial charge in [0, 0.05) is 10.9 Å². The molecule has 0 fully saturated rings. The number of halogens is 3. The molecule has 3 rings (SSSR count). The predicted octanol–water partition coefficient (Wildman–Crippen LogP) is 4.18. The van der Waals surface area contributed by atoms with Gasteiger partial charge in [0.15, 0.2) is 5.82 Å². The van der Waals surface area contributed by atoms with E-state index in [2.05, 4.69) is 20.5 Å². The molecule has 0 saturated heterocycles. The predicted molar refractivity (Wildman–Crippen MR) is 87.3 cm³/mol. The van der Waals surface area contributed by atoms with E-state index in [1.165, 1.54) is 23.5 Å². The van der Waals surface area contributed by atoms with Crippen molar-refractivity contribution >= 4 is 23.1 Å². The van der Waals surface area contributed by atoms with Crippen molar-refractivity contribution in [1.29, 1.82) is 0 Å². The molecule has 1 aromatic carbocycles. The summed E-state index contributed by atoms with van der Waals surface area (Å²) in [6.45, 7) is 1.74. The van der Waals surface area contributed by atoms with Crippen molar-refractivity contribution < 1.29 is 18.0 Å². The fourth-order valence-corrected chi connectivity index (χ4v) is 2.69. The van der Waals surface area contributed by atoms with E-state index in [9.17, 15) is 18.0 Å². The van der Waals surface area contributed by atoms with E-state index >= 15 is 0 Å². The first-order valence-electron chi connectivity index (χ1n) is 7.06. The summed E-state index contributed by atoms with van der Waals surface area (Å²) in [5, 5.41) is 12.1. The van der Waals surface area contributed by atoms with Crippen molar-refractivity contribution in [3.63, 3.8) is 0 Å². The lowest BCUT2D eigenvalue weighted by atomic mass is 10.1. The number of hydrogen-bond donors (Lipinski definition) is 1. The first kappa shape index (κ1) is 17.0. The van der Waals surface area contributed by atoms with Gasteiger partial charge in [-0.3, -0.25) is 4.79 Å². The van der Waals surface area contributed by atoms with Crippen LogP contribution in [-0.4, -0.2) is 21.1 Å².